The van der Waals surface area contributed by atoms with Crippen LogP contribution in [0.15, 0.2) is 35.1 Å². The Morgan fingerprint density at radius 2 is 1.78 bits per heavy atom. The van der Waals surface area contributed by atoms with Crippen LogP contribution in [-0.2, 0) is 11.2 Å². The fourth-order valence-corrected chi connectivity index (χ4v) is 6.10. The van der Waals surface area contributed by atoms with Gasteiger partial charge in [0.05, 0.1) is 33.2 Å². The number of fused-ring (bicyclic) bond motifs is 1. The molecule has 0 aliphatic carbocycles. The van der Waals surface area contributed by atoms with Crippen molar-refractivity contribution in [3.05, 3.63) is 68.9 Å². The highest BCUT2D eigenvalue weighted by Gasteiger charge is 2.36. The summed E-state index contributed by atoms with van der Waals surface area (Å²) in [4.78, 5) is 50.0. The van der Waals surface area contributed by atoms with Gasteiger partial charge in [0, 0.05) is 37.2 Å². The summed E-state index contributed by atoms with van der Waals surface area (Å²) in [5, 5.41) is 0.709. The van der Waals surface area contributed by atoms with Crippen LogP contribution >= 0.6 is 11.6 Å². The first-order valence-corrected chi connectivity index (χ1v) is 16.0. The number of anilines is 1. The molecule has 46 heavy (non-hydrogen) atoms. The van der Waals surface area contributed by atoms with Gasteiger partial charge in [-0.15, -0.1) is 0 Å². The molecular formula is C34H41ClFN7O3. The van der Waals surface area contributed by atoms with Crippen LogP contribution in [0.1, 0.15) is 78.5 Å². The van der Waals surface area contributed by atoms with Crippen molar-refractivity contribution in [2.45, 2.75) is 92.3 Å². The third kappa shape index (κ3) is 6.29. The number of rotatable bonds is 5. The summed E-state index contributed by atoms with van der Waals surface area (Å²) in [5.41, 5.74) is 1.22. The maximum absolute atomic E-state index is 15.1. The van der Waals surface area contributed by atoms with Crippen molar-refractivity contribution in [2.24, 2.45) is 0 Å². The summed E-state index contributed by atoms with van der Waals surface area (Å²) in [7, 11) is 0. The van der Waals surface area contributed by atoms with E-state index in [2.05, 4.69) is 9.97 Å². The molecule has 4 heterocycles. The standard InChI is InChI=1S/C34H41ClFN7O3/c1-10-26-37-21(6)29(27(38-26)18(2)3)43-31-23(15-24(35)28(39-31)22-13-11-12-14-25(22)36)30(40-32(43)44)41-16-20(5)42(17-19(41)4)33(45)46-34(7,8)9/h11-15,18-20H,10,16-17H2,1-9H3/t19-,20+/m0/s1. The number of aryl methyl sites for hydroxylation is 2. The Morgan fingerprint density at radius 1 is 1.09 bits per heavy atom. The monoisotopic (exact) mass is 649 g/mol. The highest BCUT2D eigenvalue weighted by molar-refractivity contribution is 6.33. The van der Waals surface area contributed by atoms with E-state index in [9.17, 15) is 9.59 Å². The zero-order valence-electron chi connectivity index (χ0n) is 27.9. The zero-order chi connectivity index (χ0) is 33.7. The number of piperazine rings is 1. The number of halogens is 2. The fourth-order valence-electron chi connectivity index (χ4n) is 5.85. The lowest BCUT2D eigenvalue weighted by atomic mass is 10.1. The molecule has 0 unspecified atom stereocenters. The molecule has 0 bridgehead atoms. The molecule has 1 saturated heterocycles. The lowest BCUT2D eigenvalue weighted by Crippen LogP contribution is -2.59. The van der Waals surface area contributed by atoms with Crippen LogP contribution in [-0.4, -0.2) is 66.3 Å². The van der Waals surface area contributed by atoms with E-state index in [4.69, 9.17) is 26.3 Å². The average molecular weight is 650 g/mol. The first-order chi connectivity index (χ1) is 21.6. The van der Waals surface area contributed by atoms with Crippen molar-refractivity contribution >= 4 is 34.5 Å². The molecule has 0 radical (unpaired) electrons. The van der Waals surface area contributed by atoms with Gasteiger partial charge in [-0.3, -0.25) is 0 Å². The van der Waals surface area contributed by atoms with Gasteiger partial charge in [-0.1, -0.05) is 44.5 Å². The Labute approximate surface area is 273 Å². The van der Waals surface area contributed by atoms with Crippen LogP contribution in [0.3, 0.4) is 0 Å². The SMILES string of the molecule is CCc1nc(C)c(-n2c(=O)nc(N3C[C@@H](C)N(C(=O)OC(C)(C)C)C[C@@H]3C)c3cc(Cl)c(-c4ccccc4F)nc32)c(C(C)C)n1. The predicted octanol–water partition coefficient (Wildman–Crippen LogP) is 6.86. The van der Waals surface area contributed by atoms with Crippen molar-refractivity contribution in [3.8, 4) is 16.9 Å². The molecule has 1 aromatic carbocycles. The van der Waals surface area contributed by atoms with E-state index < -0.39 is 23.2 Å². The molecule has 0 spiro atoms. The summed E-state index contributed by atoms with van der Waals surface area (Å²) in [6, 6.07) is 7.44. The van der Waals surface area contributed by atoms with Gasteiger partial charge in [0.1, 0.15) is 23.1 Å². The van der Waals surface area contributed by atoms with E-state index >= 15 is 4.39 Å². The number of carbonyl (C=O) groups is 1. The van der Waals surface area contributed by atoms with Crippen molar-refractivity contribution in [1.82, 2.24) is 29.4 Å². The number of hydrogen-bond acceptors (Lipinski definition) is 8. The van der Waals surface area contributed by atoms with E-state index in [1.54, 1.807) is 29.2 Å². The number of amides is 1. The molecule has 10 nitrogen and oxygen atoms in total. The second-order valence-electron chi connectivity index (χ2n) is 13.2. The largest absolute Gasteiger partial charge is 0.444 e. The van der Waals surface area contributed by atoms with E-state index in [1.165, 1.54) is 10.6 Å². The highest BCUT2D eigenvalue weighted by atomic mass is 35.5. The Kier molecular flexibility index (Phi) is 9.10. The third-order valence-corrected chi connectivity index (χ3v) is 8.32. The molecule has 1 fully saturated rings. The first-order valence-electron chi connectivity index (χ1n) is 15.6. The van der Waals surface area contributed by atoms with Crippen molar-refractivity contribution < 1.29 is 13.9 Å². The molecule has 244 valence electrons. The van der Waals surface area contributed by atoms with Crippen LogP contribution in [0.25, 0.3) is 28.0 Å². The number of carbonyl (C=O) groups excluding carboxylic acids is 1. The van der Waals surface area contributed by atoms with Crippen molar-refractivity contribution in [3.63, 3.8) is 0 Å². The second-order valence-corrected chi connectivity index (χ2v) is 13.6. The van der Waals surface area contributed by atoms with Gasteiger partial charge in [-0.2, -0.15) is 4.98 Å². The molecule has 4 aromatic rings. The number of aromatic nitrogens is 5. The van der Waals surface area contributed by atoms with Gasteiger partial charge in [0.2, 0.25) is 0 Å². The van der Waals surface area contributed by atoms with Gasteiger partial charge in [0.25, 0.3) is 0 Å². The number of benzene rings is 1. The van der Waals surface area contributed by atoms with Crippen LogP contribution in [0.4, 0.5) is 15.0 Å². The molecule has 5 rings (SSSR count). The molecule has 1 aliphatic rings. The summed E-state index contributed by atoms with van der Waals surface area (Å²) in [6.07, 6.45) is 0.232. The summed E-state index contributed by atoms with van der Waals surface area (Å²) >= 11 is 6.85. The van der Waals surface area contributed by atoms with Crippen LogP contribution in [0.5, 0.6) is 0 Å². The maximum atomic E-state index is 15.1. The number of nitrogens with zero attached hydrogens (tertiary/aromatic N) is 7. The molecule has 12 heteroatoms. The van der Waals surface area contributed by atoms with Crippen molar-refractivity contribution in [1.29, 1.82) is 0 Å². The van der Waals surface area contributed by atoms with Gasteiger partial charge in [-0.25, -0.2) is 33.5 Å². The minimum atomic E-state index is -0.635. The minimum Gasteiger partial charge on any atom is -0.444 e. The fraction of sp³-hybridized carbons (Fsp3) is 0.471. The van der Waals surface area contributed by atoms with Gasteiger partial charge >= 0.3 is 11.8 Å². The molecule has 3 aromatic heterocycles. The number of ether oxygens (including phenoxy) is 1. The van der Waals surface area contributed by atoms with Crippen molar-refractivity contribution in [2.75, 3.05) is 18.0 Å². The van der Waals surface area contributed by atoms with Crippen LogP contribution in [0, 0.1) is 12.7 Å². The summed E-state index contributed by atoms with van der Waals surface area (Å²) in [6.45, 7) is 17.9. The van der Waals surface area contributed by atoms with Gasteiger partial charge < -0.3 is 14.5 Å². The zero-order valence-corrected chi connectivity index (χ0v) is 28.6. The van der Waals surface area contributed by atoms with E-state index in [0.29, 0.717) is 53.6 Å². The molecular weight excluding hydrogens is 609 g/mol. The van der Waals surface area contributed by atoms with Gasteiger partial charge in [-0.05, 0) is 65.7 Å². The maximum Gasteiger partial charge on any atom is 0.410 e. The Bertz CT molecular complexity index is 1870. The normalized spacial score (nSPS) is 17.2. The van der Waals surface area contributed by atoms with Crippen LogP contribution < -0.4 is 10.6 Å². The molecule has 1 amide bonds. The summed E-state index contributed by atoms with van der Waals surface area (Å²) in [5.74, 6) is 0.503. The number of hydrogen-bond donors (Lipinski definition) is 0. The minimum absolute atomic E-state index is 0.0521. The molecule has 0 saturated carbocycles. The second kappa shape index (κ2) is 12.6. The molecule has 2 atom stereocenters. The Hall–Kier alpha value is -4.12. The Balaban J connectivity index is 1.76. The quantitative estimate of drug-likeness (QED) is 0.231. The summed E-state index contributed by atoms with van der Waals surface area (Å²) < 4.78 is 22.2. The predicted molar refractivity (Wildman–Crippen MR) is 179 cm³/mol. The van der Waals surface area contributed by atoms with Crippen LogP contribution in [0.2, 0.25) is 5.02 Å². The highest BCUT2D eigenvalue weighted by Crippen LogP contribution is 2.36. The molecule has 1 aliphatic heterocycles. The van der Waals surface area contributed by atoms with E-state index in [0.717, 1.165) is 0 Å². The smallest absolute Gasteiger partial charge is 0.410 e. The third-order valence-electron chi connectivity index (χ3n) is 8.03. The average Bonchev–Trinajstić information content (AvgIpc) is 2.97. The van der Waals surface area contributed by atoms with Gasteiger partial charge in [0.15, 0.2) is 5.65 Å². The Morgan fingerprint density at radius 3 is 2.41 bits per heavy atom. The number of pyridine rings is 1. The topological polar surface area (TPSA) is 106 Å². The lowest BCUT2D eigenvalue weighted by Gasteiger charge is -2.44. The lowest BCUT2D eigenvalue weighted by molar-refractivity contribution is 0.0130. The first kappa shape index (κ1) is 33.2. The molecule has 0 N–H and O–H groups in total. The van der Waals surface area contributed by atoms with E-state index in [-0.39, 0.29) is 39.9 Å². The van der Waals surface area contributed by atoms with E-state index in [1.807, 2.05) is 67.2 Å².